The Morgan fingerprint density at radius 3 is 2.50 bits per heavy atom. The van der Waals surface area contributed by atoms with Crippen LogP contribution in [-0.2, 0) is 11.2 Å². The second-order valence-corrected chi connectivity index (χ2v) is 3.58. The Morgan fingerprint density at radius 2 is 1.89 bits per heavy atom. The van der Waals surface area contributed by atoms with Crippen molar-refractivity contribution in [1.29, 1.82) is 0 Å². The van der Waals surface area contributed by atoms with Crippen molar-refractivity contribution in [2.45, 2.75) is 47.5 Å². The molecule has 0 aromatic heterocycles. The van der Waals surface area contributed by atoms with Crippen molar-refractivity contribution < 1.29 is 4.79 Å². The van der Waals surface area contributed by atoms with Crippen LogP contribution < -0.4 is 10.6 Å². The van der Waals surface area contributed by atoms with E-state index in [4.69, 9.17) is 0 Å². The average molecular weight is 250 g/mol. The van der Waals surface area contributed by atoms with Crippen LogP contribution in [0.15, 0.2) is 18.2 Å². The SMILES string of the molecule is CC.CC.CC(=O)Nc1ccc2c(c1)NCCC2. The van der Waals surface area contributed by atoms with Crippen LogP contribution in [0.4, 0.5) is 11.4 Å². The van der Waals surface area contributed by atoms with E-state index in [2.05, 4.69) is 16.7 Å². The van der Waals surface area contributed by atoms with Crippen molar-refractivity contribution in [3.05, 3.63) is 23.8 Å². The molecule has 0 saturated carbocycles. The summed E-state index contributed by atoms with van der Waals surface area (Å²) < 4.78 is 0. The Hall–Kier alpha value is -1.51. The molecule has 18 heavy (non-hydrogen) atoms. The maximum Gasteiger partial charge on any atom is 0.221 e. The minimum absolute atomic E-state index is 0.0271. The summed E-state index contributed by atoms with van der Waals surface area (Å²) in [6.45, 7) is 10.5. The van der Waals surface area contributed by atoms with Crippen LogP contribution in [-0.4, -0.2) is 12.5 Å². The molecule has 0 spiro atoms. The molecule has 0 atom stereocenters. The van der Waals surface area contributed by atoms with Gasteiger partial charge in [0.2, 0.25) is 5.91 Å². The molecule has 0 unspecified atom stereocenters. The van der Waals surface area contributed by atoms with Crippen LogP contribution in [0.2, 0.25) is 0 Å². The van der Waals surface area contributed by atoms with Gasteiger partial charge in [0, 0.05) is 24.8 Å². The molecular formula is C15H26N2O. The van der Waals surface area contributed by atoms with Crippen molar-refractivity contribution >= 4 is 17.3 Å². The Morgan fingerprint density at radius 1 is 1.22 bits per heavy atom. The first-order valence-electron chi connectivity index (χ1n) is 6.90. The first-order valence-corrected chi connectivity index (χ1v) is 6.90. The van der Waals surface area contributed by atoms with Gasteiger partial charge in [-0.2, -0.15) is 0 Å². The highest BCUT2D eigenvalue weighted by molar-refractivity contribution is 5.89. The number of benzene rings is 1. The maximum absolute atomic E-state index is 10.8. The third kappa shape index (κ3) is 5.21. The number of amides is 1. The summed E-state index contributed by atoms with van der Waals surface area (Å²) in [4.78, 5) is 10.8. The van der Waals surface area contributed by atoms with Crippen LogP contribution in [0.25, 0.3) is 0 Å². The number of carbonyl (C=O) groups excluding carboxylic acids is 1. The molecule has 1 amide bonds. The van der Waals surface area contributed by atoms with Crippen molar-refractivity contribution in [2.24, 2.45) is 0 Å². The quantitative estimate of drug-likeness (QED) is 0.789. The summed E-state index contributed by atoms with van der Waals surface area (Å²) in [6.07, 6.45) is 2.31. The molecule has 0 radical (unpaired) electrons. The van der Waals surface area contributed by atoms with E-state index in [0.29, 0.717) is 0 Å². The minimum atomic E-state index is -0.0271. The van der Waals surface area contributed by atoms with Crippen LogP contribution in [0, 0.1) is 0 Å². The van der Waals surface area contributed by atoms with Gasteiger partial charge in [0.25, 0.3) is 0 Å². The fourth-order valence-electron chi connectivity index (χ4n) is 1.74. The van der Waals surface area contributed by atoms with E-state index < -0.39 is 0 Å². The molecular weight excluding hydrogens is 224 g/mol. The number of aryl methyl sites for hydroxylation is 1. The standard InChI is InChI=1S/C11H14N2O.2C2H6/c1-8(14)13-10-5-4-9-3-2-6-12-11(9)7-10;2*1-2/h4-5,7,12H,2-3,6H2,1H3,(H,13,14);2*1-2H3. The molecule has 102 valence electrons. The van der Waals surface area contributed by atoms with Gasteiger partial charge in [-0.25, -0.2) is 0 Å². The fourth-order valence-corrected chi connectivity index (χ4v) is 1.74. The van der Waals surface area contributed by atoms with Gasteiger partial charge in [-0.1, -0.05) is 33.8 Å². The lowest BCUT2D eigenvalue weighted by atomic mass is 10.0. The molecule has 1 aromatic carbocycles. The fraction of sp³-hybridized carbons (Fsp3) is 0.533. The molecule has 0 bridgehead atoms. The summed E-state index contributed by atoms with van der Waals surface area (Å²) in [5.41, 5.74) is 3.36. The highest BCUT2D eigenvalue weighted by Crippen LogP contribution is 2.25. The van der Waals surface area contributed by atoms with Gasteiger partial charge in [0.15, 0.2) is 0 Å². The van der Waals surface area contributed by atoms with Gasteiger partial charge in [-0.15, -0.1) is 0 Å². The number of hydrogen-bond acceptors (Lipinski definition) is 2. The highest BCUT2D eigenvalue weighted by atomic mass is 16.1. The van der Waals surface area contributed by atoms with Crippen molar-refractivity contribution in [2.75, 3.05) is 17.2 Å². The van der Waals surface area contributed by atoms with Gasteiger partial charge < -0.3 is 10.6 Å². The van der Waals surface area contributed by atoms with Crippen LogP contribution >= 0.6 is 0 Å². The molecule has 0 saturated heterocycles. The van der Waals surface area contributed by atoms with Gasteiger partial charge >= 0.3 is 0 Å². The number of hydrogen-bond donors (Lipinski definition) is 2. The summed E-state index contributed by atoms with van der Waals surface area (Å²) in [5, 5.41) is 6.10. The molecule has 1 aliphatic rings. The van der Waals surface area contributed by atoms with Gasteiger partial charge in [0.1, 0.15) is 0 Å². The third-order valence-electron chi connectivity index (χ3n) is 2.37. The normalized spacial score (nSPS) is 11.6. The molecule has 3 heteroatoms. The van der Waals surface area contributed by atoms with Crippen LogP contribution in [0.3, 0.4) is 0 Å². The average Bonchev–Trinajstić information content (AvgIpc) is 2.42. The molecule has 1 heterocycles. The highest BCUT2D eigenvalue weighted by Gasteiger charge is 2.08. The minimum Gasteiger partial charge on any atom is -0.385 e. The maximum atomic E-state index is 10.8. The number of carbonyl (C=O) groups is 1. The van der Waals surface area contributed by atoms with E-state index in [-0.39, 0.29) is 5.91 Å². The van der Waals surface area contributed by atoms with Crippen LogP contribution in [0.1, 0.15) is 46.6 Å². The van der Waals surface area contributed by atoms with E-state index in [1.807, 2.05) is 39.8 Å². The lowest BCUT2D eigenvalue weighted by Gasteiger charge is -2.18. The predicted molar refractivity (Wildman–Crippen MR) is 80.3 cm³/mol. The molecule has 1 aromatic rings. The number of anilines is 2. The zero-order valence-electron chi connectivity index (χ0n) is 12.3. The van der Waals surface area contributed by atoms with E-state index in [1.165, 1.54) is 18.9 Å². The Bertz CT molecular complexity index is 362. The molecule has 3 nitrogen and oxygen atoms in total. The van der Waals surface area contributed by atoms with Gasteiger partial charge in [-0.05, 0) is 30.5 Å². The lowest BCUT2D eigenvalue weighted by molar-refractivity contribution is -0.114. The first kappa shape index (κ1) is 16.5. The Balaban J connectivity index is 0.000000659. The molecule has 0 aliphatic carbocycles. The summed E-state index contributed by atoms with van der Waals surface area (Å²) >= 11 is 0. The van der Waals surface area contributed by atoms with Crippen molar-refractivity contribution in [3.63, 3.8) is 0 Å². The molecule has 1 aliphatic heterocycles. The predicted octanol–water partition coefficient (Wildman–Crippen LogP) is 4.06. The van der Waals surface area contributed by atoms with E-state index in [1.54, 1.807) is 0 Å². The monoisotopic (exact) mass is 250 g/mol. The van der Waals surface area contributed by atoms with Crippen molar-refractivity contribution in [3.8, 4) is 0 Å². The van der Waals surface area contributed by atoms with E-state index in [0.717, 1.165) is 24.3 Å². The summed E-state index contributed by atoms with van der Waals surface area (Å²) in [6, 6.07) is 6.02. The molecule has 2 N–H and O–H groups in total. The Labute approximate surface area is 111 Å². The van der Waals surface area contributed by atoms with E-state index in [9.17, 15) is 4.79 Å². The number of nitrogens with one attached hydrogen (secondary N) is 2. The molecule has 0 fully saturated rings. The zero-order valence-corrected chi connectivity index (χ0v) is 12.3. The number of rotatable bonds is 1. The van der Waals surface area contributed by atoms with Crippen LogP contribution in [0.5, 0.6) is 0 Å². The second kappa shape index (κ2) is 9.51. The second-order valence-electron chi connectivity index (χ2n) is 3.58. The zero-order chi connectivity index (χ0) is 14.0. The summed E-state index contributed by atoms with van der Waals surface area (Å²) in [5.74, 6) is -0.0271. The largest absolute Gasteiger partial charge is 0.385 e. The topological polar surface area (TPSA) is 41.1 Å². The first-order chi connectivity index (χ1) is 8.75. The smallest absolute Gasteiger partial charge is 0.221 e. The van der Waals surface area contributed by atoms with E-state index >= 15 is 0 Å². The Kier molecular flexibility index (Phi) is 8.71. The molecule has 2 rings (SSSR count). The lowest BCUT2D eigenvalue weighted by Crippen LogP contribution is -2.12. The summed E-state index contributed by atoms with van der Waals surface area (Å²) in [7, 11) is 0. The van der Waals surface area contributed by atoms with Gasteiger partial charge in [0.05, 0.1) is 0 Å². The third-order valence-corrected chi connectivity index (χ3v) is 2.37. The van der Waals surface area contributed by atoms with Crippen molar-refractivity contribution in [1.82, 2.24) is 0 Å². The number of fused-ring (bicyclic) bond motifs is 1. The van der Waals surface area contributed by atoms with Gasteiger partial charge in [-0.3, -0.25) is 4.79 Å².